The average Bonchev–Trinajstić information content (AvgIpc) is 1.60. The van der Waals surface area contributed by atoms with Crippen molar-refractivity contribution in [2.45, 2.75) is 158 Å². The summed E-state index contributed by atoms with van der Waals surface area (Å²) in [5.74, 6) is -12.8. The Bertz CT molecular complexity index is 4510. The minimum absolute atomic E-state index is 0.00901. The SMILES string of the molecule is CC[C@H](C)[C@@H]1CC(=O)CNC(=O)[C@H]2CC(=O)[C@H]([C@@H](C)[C@@H](O)CO)NC(=O)[C@@H]3C[C@@H](O)CN3C(=O)[C@H](CC(N)=O)NC(=O)[C@@H](CS(=O)c3[nH]c4c(CSCCOCCOCCOCCOCCOCCOCCOCCN/C=C(\N)CNC(=O)OCc5ccc(NC(=O)[C@H](CCCNC(N)=O)NC(=O)[C@H](CC(C)C)NC(=O)CON=C(CSC)CSC)cc5)c(OC)ccc4c3C2)NC(=O)CNC1=O. The number of thioether (sulfide) groups is 3. The highest BCUT2D eigenvalue weighted by Crippen LogP contribution is 2.38. The van der Waals surface area contributed by atoms with Crippen molar-refractivity contribution in [3.8, 4) is 5.75 Å². The van der Waals surface area contributed by atoms with Crippen molar-refractivity contribution < 1.29 is 134 Å². The number of alkyl carbamates (subject to hydrolysis) is 1. The maximum absolute atomic E-state index is 15.4. The van der Waals surface area contributed by atoms with E-state index in [1.807, 2.05) is 26.4 Å². The molecular weight excluding hydrogens is 1880 g/mol. The van der Waals surface area contributed by atoms with Crippen molar-refractivity contribution in [3.05, 3.63) is 65.0 Å². The first-order chi connectivity index (χ1) is 66.2. The van der Waals surface area contributed by atoms with Crippen molar-refractivity contribution in [1.29, 1.82) is 0 Å². The molecule has 2 bridgehead atoms. The second-order valence-corrected chi connectivity index (χ2v) is 37.6. The molecule has 0 radical (unpaired) electrons. The van der Waals surface area contributed by atoms with Gasteiger partial charge in [-0.2, -0.15) is 35.3 Å². The van der Waals surface area contributed by atoms with Crippen LogP contribution in [-0.4, -0.2) is 354 Å². The fraction of sp³-hybridized carbons (Fsp3) is 0.652. The van der Waals surface area contributed by atoms with Gasteiger partial charge in [-0.3, -0.25) is 61.7 Å². The van der Waals surface area contributed by atoms with Crippen LogP contribution in [0, 0.1) is 29.6 Å². The summed E-state index contributed by atoms with van der Waals surface area (Å²) < 4.78 is 66.2. The van der Waals surface area contributed by atoms with Gasteiger partial charge in [0.05, 0.1) is 178 Å². The minimum atomic E-state index is -2.43. The predicted octanol–water partition coefficient (Wildman–Crippen LogP) is -1.27. The van der Waals surface area contributed by atoms with Gasteiger partial charge in [-0.15, -0.1) is 0 Å². The normalized spacial score (nSPS) is 19.9. The molecule has 45 nitrogen and oxygen atoms in total. The topological polar surface area (TPSA) is 651 Å². The summed E-state index contributed by atoms with van der Waals surface area (Å²) in [5.41, 5.74) is 20.1. The van der Waals surface area contributed by atoms with Gasteiger partial charge >= 0.3 is 12.1 Å². The molecule has 6 rings (SSSR count). The van der Waals surface area contributed by atoms with E-state index >= 15 is 9.00 Å². The first-order valence-electron chi connectivity index (χ1n) is 45.7. The lowest BCUT2D eigenvalue weighted by Crippen LogP contribution is -2.60. The third kappa shape index (κ3) is 42.2. The largest absolute Gasteiger partial charge is 0.496 e. The summed E-state index contributed by atoms with van der Waals surface area (Å²) in [4.78, 5) is 202. The number of H-pyrrole nitrogens is 1. The van der Waals surface area contributed by atoms with Crippen molar-refractivity contribution in [3.63, 3.8) is 0 Å². The molecule has 1 aromatic heterocycles. The number of amides is 13. The van der Waals surface area contributed by atoms with Crippen molar-refractivity contribution >= 4 is 151 Å². The molecule has 3 aromatic rings. The number of oxime groups is 1. The molecule has 1 saturated heterocycles. The number of Topliss-reactive ketones (excluding diaryl/α,β-unsaturated/α-hetero) is 2. The number of fused-ring (bicyclic) bond motifs is 5. The number of methoxy groups -OCH3 is 1. The minimum Gasteiger partial charge on any atom is -0.496 e. The van der Waals surface area contributed by atoms with Crippen LogP contribution in [0.5, 0.6) is 5.75 Å². The molecule has 21 N–H and O–H groups in total. The fourth-order valence-electron chi connectivity index (χ4n) is 14.7. The molecule has 138 heavy (non-hydrogen) atoms. The monoisotopic (exact) mass is 2020 g/mol. The molecule has 772 valence electrons. The molecule has 0 spiro atoms. The van der Waals surface area contributed by atoms with Gasteiger partial charge in [-0.05, 0) is 85.4 Å². The standard InChI is InChI=1S/C89H139N17O28S4/c1-9-54(4)64-38-61(108)43-95-80(115)57-36-65-63-16-17-74(125-6)66(79(63)104-86(65)138(124)52-70(100-76(113)44-96-81(64)116)84(119)102-69(40-75(91)112)87(121)106-45-62(109)39-71(106)85(120)103-78(72(110)37-57)55(5)73(111)46-107)51-137-34-33-132-32-31-131-30-29-130-28-27-129-26-25-128-24-23-127-22-21-126-20-19-93-41-58(90)42-97-89(123)133-47-56-12-14-59(15-13-56)98-82(117)67(11-10-18-94-88(92)122)101-83(118)68(35-53(2)3)99-77(114)48-134-105-60(49-135-7)50-136-8/h12-17,41,53-55,57,62,64,67-71,73,78,93,104,107,109,111H,9-11,18-40,42-52,90H2,1-8H3,(H2,91,112)(H,95,115)(H,96,116)(H,97,123)(H,98,117)(H,99,114)(H,100,113)(H,101,118)(H,102,119)(H,103,120)(H3,92,94,122)/b58-41-/t54-,55-,57+,62+,64-,67-,68-,69-,70+,71-,73-,78-,138?/m0/s1. The van der Waals surface area contributed by atoms with Gasteiger partial charge in [0.25, 0.3) is 5.91 Å². The number of ether oxygens (including phenoxy) is 9. The number of carbonyl (C=O) groups is 14. The number of hydrogen-bond acceptors (Lipinski definition) is 34. The van der Waals surface area contributed by atoms with Gasteiger partial charge in [0, 0.05) is 108 Å². The zero-order chi connectivity index (χ0) is 101. The van der Waals surface area contributed by atoms with E-state index < -0.39 is 236 Å². The highest BCUT2D eigenvalue weighted by atomic mass is 32.2. The van der Waals surface area contributed by atoms with Gasteiger partial charge in [0.2, 0.25) is 53.2 Å². The van der Waals surface area contributed by atoms with E-state index in [1.165, 1.54) is 32.0 Å². The average molecular weight is 2020 g/mol. The number of primary amides is 2. The van der Waals surface area contributed by atoms with Crippen LogP contribution in [-0.2, 0) is 130 Å². The van der Waals surface area contributed by atoms with E-state index in [-0.39, 0.29) is 81.0 Å². The third-order valence-corrected chi connectivity index (χ3v) is 25.8. The second-order valence-electron chi connectivity index (χ2n) is 33.4. The lowest BCUT2D eigenvalue weighted by molar-refractivity contribution is -0.144. The lowest BCUT2D eigenvalue weighted by atomic mass is 9.85. The fourth-order valence-corrected chi connectivity index (χ4v) is 18.1. The van der Waals surface area contributed by atoms with Crippen LogP contribution in [0.15, 0.2) is 58.5 Å². The summed E-state index contributed by atoms with van der Waals surface area (Å²) in [6, 6.07) is -0.0399. The van der Waals surface area contributed by atoms with Crippen LogP contribution in [0.25, 0.3) is 10.9 Å². The summed E-state index contributed by atoms with van der Waals surface area (Å²) in [5, 5.41) is 65.5. The molecule has 1 unspecified atom stereocenters. The number of aromatic amines is 1. The van der Waals surface area contributed by atoms with Crippen molar-refractivity contribution in [2.24, 2.45) is 51.9 Å². The Morgan fingerprint density at radius 1 is 0.717 bits per heavy atom. The van der Waals surface area contributed by atoms with Gasteiger partial charge in [0.15, 0.2) is 18.2 Å². The molecular formula is C89H139N17O28S4. The zero-order valence-corrected chi connectivity index (χ0v) is 82.8. The van der Waals surface area contributed by atoms with E-state index in [9.17, 15) is 77.6 Å². The quantitative estimate of drug-likeness (QED) is 0.0178. The number of hydrogen-bond donors (Lipinski definition) is 18. The molecule has 2 aromatic carbocycles. The second kappa shape index (κ2) is 64.3. The number of rotatable bonds is 57. The number of aliphatic hydroxyl groups is 3. The van der Waals surface area contributed by atoms with Crippen molar-refractivity contribution in [2.75, 3.05) is 193 Å². The highest BCUT2D eigenvalue weighted by Gasteiger charge is 2.46. The van der Waals surface area contributed by atoms with Crippen molar-refractivity contribution in [1.82, 2.24) is 63.1 Å². The molecule has 4 heterocycles. The number of urea groups is 1. The molecule has 13 atom stereocenters. The van der Waals surface area contributed by atoms with E-state index in [2.05, 4.69) is 68.6 Å². The Morgan fingerprint density at radius 2 is 1.35 bits per heavy atom. The Labute approximate surface area is 817 Å². The molecule has 13 amide bonds. The first kappa shape index (κ1) is 117. The van der Waals surface area contributed by atoms with E-state index in [0.29, 0.717) is 142 Å². The Morgan fingerprint density at radius 3 is 1.95 bits per heavy atom. The maximum Gasteiger partial charge on any atom is 0.407 e. The number of nitrogens with zero attached hydrogens (tertiary/aromatic N) is 2. The number of carbonyl (C=O) groups excluding carboxylic acids is 14. The Balaban J connectivity index is 0.884. The maximum atomic E-state index is 15.4. The van der Waals surface area contributed by atoms with Crippen LogP contribution < -0.4 is 80.4 Å². The van der Waals surface area contributed by atoms with Gasteiger partial charge < -0.3 is 148 Å². The van der Waals surface area contributed by atoms with Crippen LogP contribution in [0.2, 0.25) is 0 Å². The van der Waals surface area contributed by atoms with Crippen LogP contribution >= 0.6 is 35.3 Å². The smallest absolute Gasteiger partial charge is 0.407 e. The van der Waals surface area contributed by atoms with Gasteiger partial charge in [-0.25, -0.2) is 9.59 Å². The number of nitrogens with one attached hydrogen (secondary N) is 12. The van der Waals surface area contributed by atoms with Gasteiger partial charge in [-0.1, -0.05) is 58.3 Å². The summed E-state index contributed by atoms with van der Waals surface area (Å²) in [7, 11) is -0.987. The number of nitrogens with two attached hydrogens (primary N) is 3. The molecule has 3 aliphatic heterocycles. The summed E-state index contributed by atoms with van der Waals surface area (Å²) >= 11 is 4.58. The van der Waals surface area contributed by atoms with Crippen LogP contribution in [0.1, 0.15) is 103 Å². The first-order valence-corrected chi connectivity index (χ1v) is 51.0. The third-order valence-electron chi connectivity index (χ3n) is 22.2. The number of aromatic nitrogens is 1. The van der Waals surface area contributed by atoms with E-state index in [1.54, 1.807) is 73.8 Å². The highest BCUT2D eigenvalue weighted by molar-refractivity contribution is 8.00. The number of benzene rings is 2. The molecule has 0 saturated carbocycles. The molecule has 1 fully saturated rings. The van der Waals surface area contributed by atoms with E-state index in [0.717, 1.165) is 10.6 Å². The zero-order valence-electron chi connectivity index (χ0n) is 79.5. The molecule has 0 aliphatic carbocycles. The van der Waals surface area contributed by atoms with Gasteiger partial charge in [0.1, 0.15) is 47.6 Å². The van der Waals surface area contributed by atoms with E-state index in [4.69, 9.17) is 64.7 Å². The Kier molecular flexibility index (Phi) is 54.4. The summed E-state index contributed by atoms with van der Waals surface area (Å²) in [6.45, 7) is 10.3. The predicted molar refractivity (Wildman–Crippen MR) is 515 cm³/mol. The number of aliphatic hydroxyl groups excluding tert-OH is 3. The number of ketones is 2. The summed E-state index contributed by atoms with van der Waals surface area (Å²) in [6.07, 6.45) is -0.124. The molecule has 3 aliphatic rings. The number of anilines is 1. The Hall–Kier alpha value is -10.0. The van der Waals surface area contributed by atoms with Crippen LogP contribution in [0.4, 0.5) is 15.3 Å². The van der Waals surface area contributed by atoms with Crippen LogP contribution in [0.3, 0.4) is 0 Å². The molecule has 49 heteroatoms. The lowest BCUT2D eigenvalue weighted by Gasteiger charge is -2.32.